The van der Waals surface area contributed by atoms with Crippen molar-refractivity contribution in [3.8, 4) is 0 Å². The average molecular weight is 233 g/mol. The monoisotopic (exact) mass is 233 g/mol. The van der Waals surface area contributed by atoms with Crippen LogP contribution in [0.3, 0.4) is 0 Å². The Hall–Kier alpha value is -2.10. The lowest BCUT2D eigenvalue weighted by Crippen LogP contribution is -2.26. The number of carbonyl (C=O) groups excluding carboxylic acids is 1. The minimum atomic E-state index is -0.409. The Morgan fingerprint density at radius 1 is 1.29 bits per heavy atom. The summed E-state index contributed by atoms with van der Waals surface area (Å²) in [6.07, 6.45) is 1.42. The van der Waals surface area contributed by atoms with Crippen LogP contribution < -0.4 is 5.32 Å². The number of halogens is 1. The molecule has 1 aromatic heterocycles. The second kappa shape index (κ2) is 4.82. The van der Waals surface area contributed by atoms with Crippen LogP contribution in [0.2, 0.25) is 0 Å². The summed E-state index contributed by atoms with van der Waals surface area (Å²) < 4.78 is 18.4. The Morgan fingerprint density at radius 3 is 2.71 bits per heavy atom. The van der Waals surface area contributed by atoms with Gasteiger partial charge in [-0.15, -0.1) is 0 Å². The summed E-state index contributed by atoms with van der Waals surface area (Å²) in [5, 5.41) is 2.67. The maximum absolute atomic E-state index is 13.5. The number of benzene rings is 1. The van der Waals surface area contributed by atoms with Crippen molar-refractivity contribution >= 4 is 5.91 Å². The summed E-state index contributed by atoms with van der Waals surface area (Å²) in [7, 11) is 0. The number of rotatable bonds is 3. The van der Waals surface area contributed by atoms with Gasteiger partial charge < -0.3 is 9.73 Å². The van der Waals surface area contributed by atoms with Gasteiger partial charge in [0.2, 0.25) is 0 Å². The van der Waals surface area contributed by atoms with Crippen LogP contribution >= 0.6 is 0 Å². The van der Waals surface area contributed by atoms with Crippen LogP contribution in [0, 0.1) is 5.82 Å². The molecule has 0 bridgehead atoms. The Balaban J connectivity index is 2.10. The number of nitrogens with one attached hydrogen (secondary N) is 1. The molecule has 0 saturated heterocycles. The van der Waals surface area contributed by atoms with E-state index in [1.54, 1.807) is 37.3 Å². The Kier molecular flexibility index (Phi) is 3.23. The highest BCUT2D eigenvalue weighted by molar-refractivity contribution is 5.91. The van der Waals surface area contributed by atoms with Crippen molar-refractivity contribution in [3.63, 3.8) is 0 Å². The van der Waals surface area contributed by atoms with E-state index in [1.807, 2.05) is 0 Å². The van der Waals surface area contributed by atoms with Gasteiger partial charge in [-0.1, -0.05) is 18.2 Å². The summed E-state index contributed by atoms with van der Waals surface area (Å²) in [6.45, 7) is 1.72. The molecule has 0 spiro atoms. The molecule has 88 valence electrons. The van der Waals surface area contributed by atoms with Crippen LogP contribution in [0.1, 0.15) is 29.1 Å². The molecule has 0 aliphatic carbocycles. The van der Waals surface area contributed by atoms with E-state index in [0.29, 0.717) is 5.56 Å². The molecule has 1 heterocycles. The van der Waals surface area contributed by atoms with Gasteiger partial charge in [-0.05, 0) is 25.1 Å². The number of hydrogen-bond acceptors (Lipinski definition) is 2. The molecule has 3 nitrogen and oxygen atoms in total. The van der Waals surface area contributed by atoms with E-state index in [2.05, 4.69) is 5.32 Å². The van der Waals surface area contributed by atoms with Crippen molar-refractivity contribution in [1.29, 1.82) is 0 Å². The van der Waals surface area contributed by atoms with E-state index in [-0.39, 0.29) is 17.5 Å². The molecule has 1 N–H and O–H groups in total. The molecule has 2 aromatic rings. The van der Waals surface area contributed by atoms with Gasteiger partial charge in [-0.2, -0.15) is 0 Å². The number of carbonyl (C=O) groups is 1. The lowest BCUT2D eigenvalue weighted by molar-refractivity contribution is 0.0911. The summed E-state index contributed by atoms with van der Waals surface area (Å²) in [6, 6.07) is 9.13. The van der Waals surface area contributed by atoms with Gasteiger partial charge in [0, 0.05) is 5.56 Å². The second-order valence-electron chi connectivity index (χ2n) is 3.69. The molecule has 0 saturated carbocycles. The third-order valence-corrected chi connectivity index (χ3v) is 2.46. The summed E-state index contributed by atoms with van der Waals surface area (Å²) in [4.78, 5) is 11.7. The van der Waals surface area contributed by atoms with E-state index in [0.717, 1.165) is 0 Å². The van der Waals surface area contributed by atoms with E-state index in [1.165, 1.54) is 12.3 Å². The van der Waals surface area contributed by atoms with Gasteiger partial charge >= 0.3 is 0 Å². The zero-order chi connectivity index (χ0) is 12.3. The maximum Gasteiger partial charge on any atom is 0.287 e. The van der Waals surface area contributed by atoms with Gasteiger partial charge in [-0.3, -0.25) is 4.79 Å². The first kappa shape index (κ1) is 11.4. The largest absolute Gasteiger partial charge is 0.459 e. The average Bonchev–Trinajstić information content (AvgIpc) is 2.82. The zero-order valence-corrected chi connectivity index (χ0v) is 9.31. The summed E-state index contributed by atoms with van der Waals surface area (Å²) in [5.41, 5.74) is 0.451. The minimum absolute atomic E-state index is 0.216. The molecule has 0 aliphatic heterocycles. The lowest BCUT2D eigenvalue weighted by Gasteiger charge is -2.13. The first-order valence-corrected chi connectivity index (χ1v) is 5.27. The summed E-state index contributed by atoms with van der Waals surface area (Å²) in [5.74, 6) is -0.473. The topological polar surface area (TPSA) is 42.2 Å². The zero-order valence-electron chi connectivity index (χ0n) is 9.31. The van der Waals surface area contributed by atoms with Gasteiger partial charge in [0.25, 0.3) is 5.91 Å². The SMILES string of the molecule is C[C@@H](NC(=O)c1ccco1)c1ccccc1F. The molecular weight excluding hydrogens is 221 g/mol. The van der Waals surface area contributed by atoms with Crippen molar-refractivity contribution in [2.45, 2.75) is 13.0 Å². The van der Waals surface area contributed by atoms with E-state index >= 15 is 0 Å². The standard InChI is InChI=1S/C13H12FNO2/c1-9(10-5-2-3-6-11(10)14)15-13(16)12-7-4-8-17-12/h2-9H,1H3,(H,15,16)/t9-/m1/s1. The van der Waals surface area contributed by atoms with Crippen LogP contribution in [-0.2, 0) is 0 Å². The Labute approximate surface area is 98.3 Å². The van der Waals surface area contributed by atoms with Crippen LogP contribution in [0.5, 0.6) is 0 Å². The van der Waals surface area contributed by atoms with Gasteiger partial charge in [0.05, 0.1) is 12.3 Å². The van der Waals surface area contributed by atoms with E-state index < -0.39 is 6.04 Å². The fourth-order valence-electron chi connectivity index (χ4n) is 1.58. The Morgan fingerprint density at radius 2 is 2.06 bits per heavy atom. The fraction of sp³-hybridized carbons (Fsp3) is 0.154. The van der Waals surface area contributed by atoms with E-state index in [4.69, 9.17) is 4.42 Å². The molecular formula is C13H12FNO2. The number of hydrogen-bond donors (Lipinski definition) is 1. The highest BCUT2D eigenvalue weighted by Crippen LogP contribution is 2.16. The quantitative estimate of drug-likeness (QED) is 0.885. The molecule has 1 aromatic carbocycles. The molecule has 0 unspecified atom stereocenters. The molecule has 2 rings (SSSR count). The van der Waals surface area contributed by atoms with Crippen molar-refractivity contribution < 1.29 is 13.6 Å². The number of amides is 1. The predicted molar refractivity (Wildman–Crippen MR) is 61.0 cm³/mol. The third-order valence-electron chi connectivity index (χ3n) is 2.46. The molecule has 4 heteroatoms. The lowest BCUT2D eigenvalue weighted by atomic mass is 10.1. The fourth-order valence-corrected chi connectivity index (χ4v) is 1.58. The molecule has 0 aliphatic rings. The van der Waals surface area contributed by atoms with Crippen LogP contribution in [0.15, 0.2) is 47.1 Å². The van der Waals surface area contributed by atoms with Gasteiger partial charge in [0.15, 0.2) is 5.76 Å². The Bertz CT molecular complexity index is 508. The van der Waals surface area contributed by atoms with Crippen molar-refractivity contribution in [2.75, 3.05) is 0 Å². The van der Waals surface area contributed by atoms with Gasteiger partial charge in [0.1, 0.15) is 5.82 Å². The molecule has 0 fully saturated rings. The van der Waals surface area contributed by atoms with Crippen molar-refractivity contribution in [2.24, 2.45) is 0 Å². The molecule has 1 atom stereocenters. The molecule has 17 heavy (non-hydrogen) atoms. The predicted octanol–water partition coefficient (Wildman–Crippen LogP) is 2.91. The first-order chi connectivity index (χ1) is 8.18. The smallest absolute Gasteiger partial charge is 0.287 e. The van der Waals surface area contributed by atoms with Crippen molar-refractivity contribution in [1.82, 2.24) is 5.32 Å². The van der Waals surface area contributed by atoms with Crippen LogP contribution in [0.4, 0.5) is 4.39 Å². The van der Waals surface area contributed by atoms with Crippen LogP contribution in [-0.4, -0.2) is 5.91 Å². The maximum atomic E-state index is 13.5. The molecule has 1 amide bonds. The van der Waals surface area contributed by atoms with Gasteiger partial charge in [-0.25, -0.2) is 4.39 Å². The second-order valence-corrected chi connectivity index (χ2v) is 3.69. The highest BCUT2D eigenvalue weighted by atomic mass is 19.1. The highest BCUT2D eigenvalue weighted by Gasteiger charge is 2.15. The van der Waals surface area contributed by atoms with E-state index in [9.17, 15) is 9.18 Å². The van der Waals surface area contributed by atoms with Crippen molar-refractivity contribution in [3.05, 3.63) is 59.8 Å². The first-order valence-electron chi connectivity index (χ1n) is 5.27. The third kappa shape index (κ3) is 2.53. The molecule has 0 radical (unpaired) electrons. The van der Waals surface area contributed by atoms with Crippen LogP contribution in [0.25, 0.3) is 0 Å². The normalized spacial score (nSPS) is 12.1. The summed E-state index contributed by atoms with van der Waals surface area (Å²) >= 11 is 0. The number of furan rings is 1. The minimum Gasteiger partial charge on any atom is -0.459 e.